The lowest BCUT2D eigenvalue weighted by Gasteiger charge is -2.25. The first-order valence-electron chi connectivity index (χ1n) is 17.6. The molecule has 0 bridgehead atoms. The van der Waals surface area contributed by atoms with Gasteiger partial charge in [-0.05, 0) is 78.7 Å². The maximum absolute atomic E-state index is 16.2. The summed E-state index contributed by atoms with van der Waals surface area (Å²) in [6.07, 6.45) is 3.05. The van der Waals surface area contributed by atoms with E-state index in [1.165, 1.54) is 18.1 Å². The predicted octanol–water partition coefficient (Wildman–Crippen LogP) is 5.79. The number of amides is 3. The van der Waals surface area contributed by atoms with E-state index in [0.29, 0.717) is 59.2 Å². The number of rotatable bonds is 13. The second-order valence-electron chi connectivity index (χ2n) is 14.1. The van der Waals surface area contributed by atoms with Crippen molar-refractivity contribution in [3.8, 4) is 33.5 Å². The summed E-state index contributed by atoms with van der Waals surface area (Å²) in [7, 11) is 2.97. The van der Waals surface area contributed by atoms with Crippen LogP contribution in [-0.2, 0) is 33.3 Å². The van der Waals surface area contributed by atoms with Gasteiger partial charge in [0, 0.05) is 29.8 Å². The van der Waals surface area contributed by atoms with Crippen molar-refractivity contribution in [1.29, 1.82) is 0 Å². The number of aromatic amines is 2. The summed E-state index contributed by atoms with van der Waals surface area (Å²) >= 11 is 0. The highest BCUT2D eigenvalue weighted by molar-refractivity contribution is 5.87. The molecule has 53 heavy (non-hydrogen) atoms. The Morgan fingerprint density at radius 1 is 0.868 bits per heavy atom. The van der Waals surface area contributed by atoms with Crippen molar-refractivity contribution in [3.05, 3.63) is 83.6 Å². The number of likely N-dealkylation sites (N-methyl/N-ethyl adjacent to an activating group) is 2. The minimum atomic E-state index is -3.25. The van der Waals surface area contributed by atoms with E-state index in [2.05, 4.69) is 37.2 Å². The third-order valence-corrected chi connectivity index (χ3v) is 10.2. The Morgan fingerprint density at radius 2 is 1.51 bits per heavy atom. The zero-order chi connectivity index (χ0) is 37.5. The normalized spacial score (nSPS) is 14.8. The predicted molar refractivity (Wildman–Crippen MR) is 196 cm³/mol. The van der Waals surface area contributed by atoms with Gasteiger partial charge in [0.05, 0.1) is 49.7 Å². The van der Waals surface area contributed by atoms with Crippen LogP contribution in [-0.4, -0.2) is 88.0 Å². The zero-order valence-electron chi connectivity index (χ0n) is 30.1. The Morgan fingerprint density at radius 3 is 2.19 bits per heavy atom. The van der Waals surface area contributed by atoms with E-state index in [1.807, 2.05) is 29.2 Å². The van der Waals surface area contributed by atoms with Crippen molar-refractivity contribution >= 4 is 28.9 Å². The first-order chi connectivity index (χ1) is 25.4. The fourth-order valence-corrected chi connectivity index (χ4v) is 6.87. The van der Waals surface area contributed by atoms with E-state index in [0.717, 1.165) is 29.4 Å². The summed E-state index contributed by atoms with van der Waals surface area (Å²) in [5.74, 6) is -2.40. The Bertz CT molecular complexity index is 2210. The summed E-state index contributed by atoms with van der Waals surface area (Å²) in [5, 5.41) is 5.32. The molecule has 2 aromatic heterocycles. The van der Waals surface area contributed by atoms with Crippen molar-refractivity contribution < 1.29 is 27.9 Å². The molecule has 0 atom stereocenters. The van der Waals surface area contributed by atoms with Gasteiger partial charge in [-0.3, -0.25) is 9.59 Å². The average molecular weight is 725 g/mol. The van der Waals surface area contributed by atoms with E-state index in [-0.39, 0.29) is 48.0 Å². The van der Waals surface area contributed by atoms with Crippen molar-refractivity contribution in [2.45, 2.75) is 45.7 Å². The minimum absolute atomic E-state index is 0.0164. The van der Waals surface area contributed by atoms with Gasteiger partial charge in [-0.15, -0.1) is 0 Å². The fraction of sp³-hybridized carbons (Fsp3) is 0.359. The van der Waals surface area contributed by atoms with Crippen LogP contribution in [0.15, 0.2) is 60.8 Å². The topological polar surface area (TPSA) is 148 Å². The van der Waals surface area contributed by atoms with Crippen LogP contribution in [0.2, 0.25) is 0 Å². The molecule has 0 radical (unpaired) electrons. The van der Waals surface area contributed by atoms with Gasteiger partial charge in [0.15, 0.2) is 0 Å². The molecule has 276 valence electrons. The van der Waals surface area contributed by atoms with E-state index < -0.39 is 12.0 Å². The molecule has 1 fully saturated rings. The quantitative estimate of drug-likeness (QED) is 0.120. The Hall–Kier alpha value is -5.63. The van der Waals surface area contributed by atoms with Crippen molar-refractivity contribution in [1.82, 2.24) is 40.4 Å². The van der Waals surface area contributed by atoms with Crippen molar-refractivity contribution in [2.24, 2.45) is 5.41 Å². The number of imidazole rings is 2. The lowest BCUT2D eigenvalue weighted by molar-refractivity contribution is -0.132. The molecule has 3 aromatic carbocycles. The highest BCUT2D eigenvalue weighted by atomic mass is 19.3. The van der Waals surface area contributed by atoms with Gasteiger partial charge in [-0.2, -0.15) is 8.78 Å². The van der Waals surface area contributed by atoms with E-state index in [1.54, 1.807) is 44.4 Å². The average Bonchev–Trinajstić information content (AvgIpc) is 3.44. The van der Waals surface area contributed by atoms with Crippen LogP contribution in [0.5, 0.6) is 0 Å². The molecule has 0 aliphatic heterocycles. The van der Waals surface area contributed by atoms with E-state index in [4.69, 9.17) is 4.98 Å². The Balaban J connectivity index is 1.09. The number of nitrogens with zero attached hydrogens (tertiary/aromatic N) is 4. The zero-order valence-corrected chi connectivity index (χ0v) is 30.1. The van der Waals surface area contributed by atoms with Crippen LogP contribution in [0.1, 0.15) is 49.5 Å². The van der Waals surface area contributed by atoms with Gasteiger partial charge in [0.2, 0.25) is 11.8 Å². The van der Waals surface area contributed by atoms with Crippen LogP contribution in [0.4, 0.5) is 13.6 Å². The largest absolute Gasteiger partial charge is 0.453 e. The number of alkyl halides is 2. The van der Waals surface area contributed by atoms with E-state index in [9.17, 15) is 14.4 Å². The molecule has 0 spiro atoms. The molecule has 2 heterocycles. The summed E-state index contributed by atoms with van der Waals surface area (Å²) in [6.45, 7) is 5.57. The monoisotopic (exact) mass is 724 g/mol. The number of fused-ring (bicyclic) bond motifs is 4. The maximum atomic E-state index is 16.2. The first-order valence-corrected chi connectivity index (χ1v) is 17.6. The van der Waals surface area contributed by atoms with Gasteiger partial charge < -0.3 is 35.1 Å². The molecule has 3 amide bonds. The number of hydrogen-bond acceptors (Lipinski definition) is 7. The Kier molecular flexibility index (Phi) is 9.49. The van der Waals surface area contributed by atoms with E-state index >= 15 is 8.78 Å². The molecule has 2 aliphatic carbocycles. The van der Waals surface area contributed by atoms with Crippen molar-refractivity contribution in [2.75, 3.05) is 40.3 Å². The number of ether oxygens (including phenoxy) is 1. The highest BCUT2D eigenvalue weighted by Crippen LogP contribution is 2.52. The number of aromatic nitrogens is 4. The number of halogens is 2. The Labute approximate surface area is 305 Å². The van der Waals surface area contributed by atoms with Crippen LogP contribution in [0, 0.1) is 5.41 Å². The van der Waals surface area contributed by atoms with Crippen molar-refractivity contribution in [3.63, 3.8) is 0 Å². The number of H-pyrrole nitrogens is 2. The molecule has 0 unspecified atom stereocenters. The highest BCUT2D eigenvalue weighted by Gasteiger charge is 2.45. The second-order valence-corrected chi connectivity index (χ2v) is 14.1. The van der Waals surface area contributed by atoms with Crippen LogP contribution < -0.4 is 10.6 Å². The van der Waals surface area contributed by atoms with Gasteiger partial charge >= 0.3 is 6.09 Å². The van der Waals surface area contributed by atoms with Crippen LogP contribution in [0.3, 0.4) is 0 Å². The number of alkyl carbamates (subject to hydrolysis) is 1. The number of carbonyl (C=O) groups is 3. The molecular formula is C39H42F2N8O4. The molecule has 12 nitrogen and oxygen atoms in total. The minimum Gasteiger partial charge on any atom is -0.453 e. The van der Waals surface area contributed by atoms with Gasteiger partial charge in [-0.25, -0.2) is 14.8 Å². The second kappa shape index (κ2) is 14.1. The molecule has 14 heteroatoms. The molecule has 5 aromatic rings. The van der Waals surface area contributed by atoms with Gasteiger partial charge in [0.25, 0.3) is 5.92 Å². The lowest BCUT2D eigenvalue weighted by atomic mass is 9.98. The smallest absolute Gasteiger partial charge is 0.407 e. The summed E-state index contributed by atoms with van der Waals surface area (Å²) in [5.41, 5.74) is 4.92. The summed E-state index contributed by atoms with van der Waals surface area (Å²) in [6, 6.07) is 15.8. The van der Waals surface area contributed by atoms with Gasteiger partial charge in [0.1, 0.15) is 18.2 Å². The summed E-state index contributed by atoms with van der Waals surface area (Å²) in [4.78, 5) is 55.8. The molecule has 7 rings (SSSR count). The summed E-state index contributed by atoms with van der Waals surface area (Å²) < 4.78 is 37.0. The fourth-order valence-electron chi connectivity index (χ4n) is 6.87. The van der Waals surface area contributed by atoms with Crippen LogP contribution >= 0.6 is 0 Å². The van der Waals surface area contributed by atoms with Crippen LogP contribution in [0.25, 0.3) is 44.5 Å². The number of benzene rings is 3. The lowest BCUT2D eigenvalue weighted by Crippen LogP contribution is -2.40. The third-order valence-electron chi connectivity index (χ3n) is 10.2. The molecule has 0 saturated heterocycles. The number of hydrogen-bond donors (Lipinski definition) is 4. The third kappa shape index (κ3) is 7.23. The number of nitrogens with one attached hydrogen (secondary N) is 4. The SMILES string of the molecule is CCN(Cc1ncc(-c2ccc3c(c2)C(F)(F)c2cc(-c4ccc5nc(CN(CC6(C)CC6)C(=O)CNC)[nH]c5c4)ccc2-3)[nH]1)C(=O)CNC(=O)OC. The molecule has 4 N–H and O–H groups in total. The number of methoxy groups -OCH3 is 1. The number of carbonyl (C=O) groups excluding carboxylic acids is 3. The molecule has 2 aliphatic rings. The molecule has 1 saturated carbocycles. The first kappa shape index (κ1) is 35.8. The van der Waals surface area contributed by atoms with Gasteiger partial charge in [-0.1, -0.05) is 37.3 Å². The maximum Gasteiger partial charge on any atom is 0.407 e. The molecular weight excluding hydrogens is 682 g/mol. The standard InChI is InChI=1S/C39H42F2N8O4/c1-5-48(36(51)19-44-37(52)53-4)20-33-43-17-32(47-33)25-7-10-27-26-9-6-23(14-28(26)39(40,41)29(27)15-25)24-8-11-30-31(16-24)46-34(45-30)21-49(35(50)18-42-3)22-38(2)12-13-38/h6-11,14-17,42H,5,12-13,18-22H2,1-4H3,(H,43,47)(H,44,52)(H,45,46).